The largest absolute Gasteiger partial charge is 0.508 e. The minimum atomic E-state index is 0.219. The van der Waals surface area contributed by atoms with Crippen molar-refractivity contribution in [2.75, 3.05) is 12.3 Å². The molecule has 2 nitrogen and oxygen atoms in total. The van der Waals surface area contributed by atoms with Crippen molar-refractivity contribution in [3.8, 4) is 5.75 Å². The summed E-state index contributed by atoms with van der Waals surface area (Å²) in [6.07, 6.45) is 0. The Labute approximate surface area is 111 Å². The third kappa shape index (κ3) is 2.24. The summed E-state index contributed by atoms with van der Waals surface area (Å²) in [4.78, 5) is 1.17. The highest BCUT2D eigenvalue weighted by Crippen LogP contribution is 2.35. The second-order valence-electron chi connectivity index (χ2n) is 4.37. The zero-order valence-electron chi connectivity index (χ0n) is 9.97. The van der Waals surface area contributed by atoms with Crippen molar-refractivity contribution in [2.45, 2.75) is 10.9 Å². The van der Waals surface area contributed by atoms with E-state index in [0.717, 1.165) is 12.3 Å². The predicted molar refractivity (Wildman–Crippen MR) is 75.1 cm³/mol. The Morgan fingerprint density at radius 2 is 1.94 bits per heavy atom. The fourth-order valence-corrected chi connectivity index (χ4v) is 3.30. The van der Waals surface area contributed by atoms with Gasteiger partial charge in [0.05, 0.1) is 6.04 Å². The number of nitrogens with one attached hydrogen (secondary N) is 1. The first-order chi connectivity index (χ1) is 8.84. The van der Waals surface area contributed by atoms with Gasteiger partial charge in [0.1, 0.15) is 5.75 Å². The van der Waals surface area contributed by atoms with Crippen molar-refractivity contribution in [3.63, 3.8) is 0 Å². The highest BCUT2D eigenvalue weighted by atomic mass is 32.2. The molecule has 1 atom stereocenters. The molecule has 0 spiro atoms. The minimum Gasteiger partial charge on any atom is -0.508 e. The fraction of sp³-hybridized carbons (Fsp3) is 0.200. The molecular formula is C15H15NOS. The number of hydrogen-bond donors (Lipinski definition) is 2. The van der Waals surface area contributed by atoms with Gasteiger partial charge in [-0.25, -0.2) is 0 Å². The Hall–Kier alpha value is -1.45. The molecule has 3 rings (SSSR count). The van der Waals surface area contributed by atoms with E-state index >= 15 is 0 Å². The molecule has 0 bridgehead atoms. The molecule has 2 aromatic rings. The molecule has 0 fully saturated rings. The highest BCUT2D eigenvalue weighted by Gasteiger charge is 2.20. The van der Waals surface area contributed by atoms with Crippen LogP contribution in [0.25, 0.3) is 0 Å². The van der Waals surface area contributed by atoms with Crippen molar-refractivity contribution in [2.24, 2.45) is 0 Å². The van der Waals surface area contributed by atoms with E-state index < -0.39 is 0 Å². The number of fused-ring (bicyclic) bond motifs is 1. The molecule has 3 heteroatoms. The summed E-state index contributed by atoms with van der Waals surface area (Å²) >= 11 is 1.80. The van der Waals surface area contributed by atoms with Crippen molar-refractivity contribution >= 4 is 11.8 Å². The van der Waals surface area contributed by atoms with Crippen LogP contribution in [-0.4, -0.2) is 17.4 Å². The summed E-state index contributed by atoms with van der Waals surface area (Å²) in [5, 5.41) is 13.2. The zero-order chi connectivity index (χ0) is 12.4. The second-order valence-corrected chi connectivity index (χ2v) is 5.51. The van der Waals surface area contributed by atoms with Gasteiger partial charge in [-0.15, -0.1) is 11.8 Å². The topological polar surface area (TPSA) is 32.3 Å². The van der Waals surface area contributed by atoms with Gasteiger partial charge in [-0.05, 0) is 23.3 Å². The first kappa shape index (κ1) is 11.6. The number of hydrogen-bond acceptors (Lipinski definition) is 3. The molecule has 0 radical (unpaired) electrons. The monoisotopic (exact) mass is 257 g/mol. The quantitative estimate of drug-likeness (QED) is 0.823. The third-order valence-corrected chi connectivity index (χ3v) is 4.22. The van der Waals surface area contributed by atoms with Gasteiger partial charge in [-0.3, -0.25) is 0 Å². The van der Waals surface area contributed by atoms with E-state index in [0.29, 0.717) is 5.75 Å². The standard InChI is InChI=1S/C15H15NOS/c17-12-6-7-13-14(10-12)18-9-8-16-15(13)11-4-2-1-3-5-11/h1-7,10,15-17H,8-9H2. The van der Waals surface area contributed by atoms with Gasteiger partial charge in [0.25, 0.3) is 0 Å². The number of benzene rings is 2. The van der Waals surface area contributed by atoms with E-state index in [1.807, 2.05) is 18.2 Å². The number of rotatable bonds is 1. The van der Waals surface area contributed by atoms with Crippen LogP contribution in [0.1, 0.15) is 17.2 Å². The average molecular weight is 257 g/mol. The van der Waals surface area contributed by atoms with E-state index in [2.05, 4.69) is 29.6 Å². The lowest BCUT2D eigenvalue weighted by Gasteiger charge is -2.19. The molecule has 92 valence electrons. The molecule has 0 aliphatic carbocycles. The maximum Gasteiger partial charge on any atom is 0.116 e. The van der Waals surface area contributed by atoms with Crippen LogP contribution >= 0.6 is 11.8 Å². The Bertz CT molecular complexity index is 541. The zero-order valence-corrected chi connectivity index (χ0v) is 10.8. The summed E-state index contributed by atoms with van der Waals surface area (Å²) in [7, 11) is 0. The first-order valence-corrected chi connectivity index (χ1v) is 7.07. The van der Waals surface area contributed by atoms with Crippen molar-refractivity contribution in [1.29, 1.82) is 0 Å². The Balaban J connectivity index is 2.07. The lowest BCUT2D eigenvalue weighted by Crippen LogP contribution is -2.23. The van der Waals surface area contributed by atoms with E-state index in [1.54, 1.807) is 17.8 Å². The molecule has 0 saturated heterocycles. The van der Waals surface area contributed by atoms with E-state index in [-0.39, 0.29) is 6.04 Å². The molecule has 18 heavy (non-hydrogen) atoms. The van der Waals surface area contributed by atoms with Gasteiger partial charge in [0.15, 0.2) is 0 Å². The van der Waals surface area contributed by atoms with Crippen molar-refractivity contribution in [3.05, 3.63) is 59.7 Å². The van der Waals surface area contributed by atoms with Crippen LogP contribution in [0, 0.1) is 0 Å². The number of aromatic hydroxyl groups is 1. The Kier molecular flexibility index (Phi) is 3.26. The number of phenolic OH excluding ortho intramolecular Hbond substituents is 1. The van der Waals surface area contributed by atoms with Crippen LogP contribution in [-0.2, 0) is 0 Å². The molecule has 2 aromatic carbocycles. The van der Waals surface area contributed by atoms with Crippen molar-refractivity contribution in [1.82, 2.24) is 5.32 Å². The SMILES string of the molecule is Oc1ccc2c(c1)SCCNC2c1ccccc1. The molecule has 1 heterocycles. The van der Waals surface area contributed by atoms with Crippen molar-refractivity contribution < 1.29 is 5.11 Å². The molecule has 0 amide bonds. The van der Waals surface area contributed by atoms with Crippen LogP contribution in [0.5, 0.6) is 5.75 Å². The maximum atomic E-state index is 9.60. The van der Waals surface area contributed by atoms with E-state index in [9.17, 15) is 5.11 Å². The smallest absolute Gasteiger partial charge is 0.116 e. The number of phenols is 1. The van der Waals surface area contributed by atoms with E-state index in [1.165, 1.54) is 16.0 Å². The molecule has 1 aliphatic heterocycles. The van der Waals surface area contributed by atoms with Crippen LogP contribution in [0.3, 0.4) is 0 Å². The Morgan fingerprint density at radius 3 is 2.78 bits per heavy atom. The fourth-order valence-electron chi connectivity index (χ4n) is 2.30. The highest BCUT2D eigenvalue weighted by molar-refractivity contribution is 7.99. The van der Waals surface area contributed by atoms with Crippen LogP contribution in [0.2, 0.25) is 0 Å². The van der Waals surface area contributed by atoms with Gasteiger partial charge in [-0.1, -0.05) is 36.4 Å². The molecule has 2 N–H and O–H groups in total. The van der Waals surface area contributed by atoms with Crippen LogP contribution in [0.15, 0.2) is 53.4 Å². The van der Waals surface area contributed by atoms with Gasteiger partial charge in [0, 0.05) is 17.2 Å². The summed E-state index contributed by atoms with van der Waals surface area (Å²) in [6.45, 7) is 0.972. The van der Waals surface area contributed by atoms with Gasteiger partial charge in [0.2, 0.25) is 0 Å². The summed E-state index contributed by atoms with van der Waals surface area (Å²) < 4.78 is 0. The lowest BCUT2D eigenvalue weighted by atomic mass is 9.98. The van der Waals surface area contributed by atoms with Gasteiger partial charge in [-0.2, -0.15) is 0 Å². The molecule has 1 aliphatic rings. The first-order valence-electron chi connectivity index (χ1n) is 6.08. The third-order valence-electron chi connectivity index (χ3n) is 3.15. The van der Waals surface area contributed by atoms with Gasteiger partial charge < -0.3 is 10.4 Å². The van der Waals surface area contributed by atoms with Crippen LogP contribution < -0.4 is 5.32 Å². The molecular weight excluding hydrogens is 242 g/mol. The molecule has 1 unspecified atom stereocenters. The molecule has 0 saturated carbocycles. The summed E-state index contributed by atoms with van der Waals surface area (Å²) in [5.74, 6) is 1.37. The van der Waals surface area contributed by atoms with Crippen LogP contribution in [0.4, 0.5) is 0 Å². The summed E-state index contributed by atoms with van der Waals surface area (Å²) in [6, 6.07) is 16.3. The minimum absolute atomic E-state index is 0.219. The second kappa shape index (κ2) is 5.04. The lowest BCUT2D eigenvalue weighted by molar-refractivity contribution is 0.473. The summed E-state index contributed by atoms with van der Waals surface area (Å²) in [5.41, 5.74) is 2.52. The normalized spacial score (nSPS) is 19.0. The number of thioether (sulfide) groups is 1. The Morgan fingerprint density at radius 1 is 1.11 bits per heavy atom. The van der Waals surface area contributed by atoms with Gasteiger partial charge >= 0.3 is 0 Å². The van der Waals surface area contributed by atoms with E-state index in [4.69, 9.17) is 0 Å². The molecule has 0 aromatic heterocycles. The maximum absolute atomic E-state index is 9.60. The predicted octanol–water partition coefficient (Wildman–Crippen LogP) is 3.18. The average Bonchev–Trinajstić information content (AvgIpc) is 2.61.